The van der Waals surface area contributed by atoms with Crippen molar-refractivity contribution in [3.8, 4) is 0 Å². The third-order valence-corrected chi connectivity index (χ3v) is 2.59. The lowest BCUT2D eigenvalue weighted by molar-refractivity contribution is 0.0228. The fraction of sp³-hybridized carbons (Fsp3) is 0.462. The molecule has 1 rings (SSSR count). The van der Waals surface area contributed by atoms with Crippen LogP contribution in [-0.4, -0.2) is 25.2 Å². The van der Waals surface area contributed by atoms with Crippen LogP contribution >= 0.6 is 0 Å². The van der Waals surface area contributed by atoms with E-state index in [4.69, 9.17) is 4.74 Å². The summed E-state index contributed by atoms with van der Waals surface area (Å²) in [4.78, 5) is 11.8. The van der Waals surface area contributed by atoms with E-state index >= 15 is 0 Å². The minimum Gasteiger partial charge on any atom is -0.377 e. The zero-order chi connectivity index (χ0) is 13.1. The Labute approximate surface area is 101 Å². The molecule has 3 nitrogen and oxygen atoms in total. The van der Waals surface area contributed by atoms with Gasteiger partial charge >= 0.3 is 0 Å². The van der Waals surface area contributed by atoms with Gasteiger partial charge in [0.2, 0.25) is 0 Å². The van der Waals surface area contributed by atoms with Crippen molar-refractivity contribution in [2.45, 2.75) is 26.4 Å². The van der Waals surface area contributed by atoms with Crippen LogP contribution in [-0.2, 0) is 4.74 Å². The lowest BCUT2D eigenvalue weighted by Crippen LogP contribution is -2.40. The van der Waals surface area contributed by atoms with Crippen molar-refractivity contribution in [3.05, 3.63) is 35.1 Å². The van der Waals surface area contributed by atoms with Crippen molar-refractivity contribution < 1.29 is 13.9 Å². The summed E-state index contributed by atoms with van der Waals surface area (Å²) in [5.41, 5.74) is 0.454. The summed E-state index contributed by atoms with van der Waals surface area (Å²) in [7, 11) is 1.57. The molecule has 0 saturated heterocycles. The molecule has 94 valence electrons. The summed E-state index contributed by atoms with van der Waals surface area (Å²) in [5.74, 6) is -0.931. The van der Waals surface area contributed by atoms with Crippen LogP contribution in [0.1, 0.15) is 29.8 Å². The van der Waals surface area contributed by atoms with E-state index in [9.17, 15) is 9.18 Å². The minimum absolute atomic E-state index is 0.0666. The Hall–Kier alpha value is -1.42. The zero-order valence-electron chi connectivity index (χ0n) is 10.6. The van der Waals surface area contributed by atoms with Crippen LogP contribution in [0.25, 0.3) is 0 Å². The summed E-state index contributed by atoms with van der Waals surface area (Å²) < 4.78 is 18.6. The molecule has 0 saturated carbocycles. The van der Waals surface area contributed by atoms with Crippen LogP contribution in [0.2, 0.25) is 0 Å². The van der Waals surface area contributed by atoms with Crippen molar-refractivity contribution >= 4 is 5.91 Å². The number of methoxy groups -OCH3 is 1. The molecule has 0 aromatic heterocycles. The Balaban J connectivity index is 2.74. The van der Waals surface area contributed by atoms with Gasteiger partial charge in [0.25, 0.3) is 5.91 Å². The highest BCUT2D eigenvalue weighted by Crippen LogP contribution is 2.11. The largest absolute Gasteiger partial charge is 0.377 e. The van der Waals surface area contributed by atoms with E-state index in [1.165, 1.54) is 12.1 Å². The molecule has 0 radical (unpaired) electrons. The van der Waals surface area contributed by atoms with Gasteiger partial charge in [0.05, 0.1) is 11.2 Å². The minimum atomic E-state index is -0.511. The fourth-order valence-corrected chi connectivity index (χ4v) is 1.27. The number of nitrogens with one attached hydrogen (secondary N) is 1. The van der Waals surface area contributed by atoms with Gasteiger partial charge in [-0.1, -0.05) is 11.6 Å². The number of hydrogen-bond donors (Lipinski definition) is 1. The van der Waals surface area contributed by atoms with Gasteiger partial charge in [0.15, 0.2) is 0 Å². The van der Waals surface area contributed by atoms with Crippen LogP contribution in [0.15, 0.2) is 18.2 Å². The van der Waals surface area contributed by atoms with Gasteiger partial charge in [-0.05, 0) is 32.9 Å². The quantitative estimate of drug-likeness (QED) is 0.875. The lowest BCUT2D eigenvalue weighted by atomic mass is 10.1. The standard InChI is InChI=1S/C13H18FNO2/c1-9-5-6-11(14)10(7-9)12(16)15-8-13(2,3)17-4/h5-7H,8H2,1-4H3,(H,15,16). The van der Waals surface area contributed by atoms with Crippen LogP contribution in [0.3, 0.4) is 0 Å². The monoisotopic (exact) mass is 239 g/mol. The molecule has 0 heterocycles. The summed E-state index contributed by atoms with van der Waals surface area (Å²) in [6, 6.07) is 4.46. The Morgan fingerprint density at radius 3 is 2.71 bits per heavy atom. The molecular formula is C13H18FNO2. The van der Waals surface area contributed by atoms with E-state index in [-0.39, 0.29) is 5.56 Å². The predicted octanol–water partition coefficient (Wildman–Crippen LogP) is 2.29. The highest BCUT2D eigenvalue weighted by molar-refractivity contribution is 5.94. The second kappa shape index (κ2) is 5.27. The van der Waals surface area contributed by atoms with Crippen LogP contribution in [0, 0.1) is 12.7 Å². The first-order chi connectivity index (χ1) is 7.85. The molecule has 4 heteroatoms. The van der Waals surface area contributed by atoms with Gasteiger partial charge in [-0.15, -0.1) is 0 Å². The lowest BCUT2D eigenvalue weighted by Gasteiger charge is -2.23. The van der Waals surface area contributed by atoms with Crippen molar-refractivity contribution in [1.82, 2.24) is 5.32 Å². The van der Waals surface area contributed by atoms with E-state index in [0.717, 1.165) is 5.56 Å². The molecule has 1 aromatic carbocycles. The second-order valence-electron chi connectivity index (χ2n) is 4.63. The second-order valence-corrected chi connectivity index (χ2v) is 4.63. The molecule has 0 aliphatic rings. The van der Waals surface area contributed by atoms with E-state index in [1.807, 2.05) is 20.8 Å². The van der Waals surface area contributed by atoms with Crippen molar-refractivity contribution in [2.24, 2.45) is 0 Å². The molecule has 1 aromatic rings. The highest BCUT2D eigenvalue weighted by Gasteiger charge is 2.19. The van der Waals surface area contributed by atoms with Gasteiger partial charge in [-0.3, -0.25) is 4.79 Å². The Morgan fingerprint density at radius 2 is 2.12 bits per heavy atom. The Kier molecular flexibility index (Phi) is 4.23. The number of rotatable bonds is 4. The number of carbonyl (C=O) groups excluding carboxylic acids is 1. The fourth-order valence-electron chi connectivity index (χ4n) is 1.27. The normalized spacial score (nSPS) is 11.4. The van der Waals surface area contributed by atoms with Crippen molar-refractivity contribution in [1.29, 1.82) is 0 Å². The van der Waals surface area contributed by atoms with E-state index in [1.54, 1.807) is 13.2 Å². The van der Waals surface area contributed by atoms with Crippen LogP contribution in [0.5, 0.6) is 0 Å². The van der Waals surface area contributed by atoms with E-state index in [0.29, 0.717) is 6.54 Å². The highest BCUT2D eigenvalue weighted by atomic mass is 19.1. The van der Waals surface area contributed by atoms with Gasteiger partial charge in [-0.2, -0.15) is 0 Å². The Morgan fingerprint density at radius 1 is 1.47 bits per heavy atom. The summed E-state index contributed by atoms with van der Waals surface area (Å²) in [6.07, 6.45) is 0. The van der Waals surface area contributed by atoms with Gasteiger partial charge in [0.1, 0.15) is 5.82 Å². The molecule has 0 unspecified atom stereocenters. The molecular weight excluding hydrogens is 221 g/mol. The van der Waals surface area contributed by atoms with E-state index in [2.05, 4.69) is 5.32 Å². The maximum Gasteiger partial charge on any atom is 0.254 e. The van der Waals surface area contributed by atoms with Gasteiger partial charge in [0, 0.05) is 13.7 Å². The number of ether oxygens (including phenoxy) is 1. The molecule has 1 amide bonds. The molecule has 0 aliphatic carbocycles. The zero-order valence-corrected chi connectivity index (χ0v) is 10.6. The van der Waals surface area contributed by atoms with Crippen LogP contribution in [0.4, 0.5) is 4.39 Å². The summed E-state index contributed by atoms with van der Waals surface area (Å²) >= 11 is 0. The average molecular weight is 239 g/mol. The molecule has 0 bridgehead atoms. The van der Waals surface area contributed by atoms with Gasteiger partial charge < -0.3 is 10.1 Å². The molecule has 17 heavy (non-hydrogen) atoms. The molecule has 0 spiro atoms. The first kappa shape index (κ1) is 13.6. The number of amides is 1. The summed E-state index contributed by atoms with van der Waals surface area (Å²) in [6.45, 7) is 5.84. The first-order valence-electron chi connectivity index (χ1n) is 5.45. The number of aryl methyl sites for hydroxylation is 1. The Bertz CT molecular complexity index is 416. The van der Waals surface area contributed by atoms with Crippen molar-refractivity contribution in [3.63, 3.8) is 0 Å². The first-order valence-corrected chi connectivity index (χ1v) is 5.45. The molecule has 0 aliphatic heterocycles. The molecule has 1 N–H and O–H groups in total. The number of halogens is 1. The maximum atomic E-state index is 13.4. The number of benzene rings is 1. The third-order valence-electron chi connectivity index (χ3n) is 2.59. The number of carbonyl (C=O) groups is 1. The van der Waals surface area contributed by atoms with Crippen LogP contribution < -0.4 is 5.32 Å². The molecule has 0 atom stereocenters. The van der Waals surface area contributed by atoms with Crippen molar-refractivity contribution in [2.75, 3.05) is 13.7 Å². The smallest absolute Gasteiger partial charge is 0.254 e. The molecule has 0 fully saturated rings. The third kappa shape index (κ3) is 3.82. The van der Waals surface area contributed by atoms with E-state index < -0.39 is 17.3 Å². The van der Waals surface area contributed by atoms with Gasteiger partial charge in [-0.25, -0.2) is 4.39 Å². The topological polar surface area (TPSA) is 38.3 Å². The number of hydrogen-bond acceptors (Lipinski definition) is 2. The average Bonchev–Trinajstić information content (AvgIpc) is 2.29. The maximum absolute atomic E-state index is 13.4. The summed E-state index contributed by atoms with van der Waals surface area (Å²) in [5, 5.41) is 2.65. The predicted molar refractivity (Wildman–Crippen MR) is 64.6 cm³/mol. The SMILES string of the molecule is COC(C)(C)CNC(=O)c1cc(C)ccc1F.